The summed E-state index contributed by atoms with van der Waals surface area (Å²) in [6, 6.07) is 1.77. The summed E-state index contributed by atoms with van der Waals surface area (Å²) in [5, 5.41) is 0. The van der Waals surface area contributed by atoms with Crippen molar-refractivity contribution in [2.75, 3.05) is 13.1 Å². The van der Waals surface area contributed by atoms with Crippen LogP contribution >= 0.6 is 12.2 Å². The van der Waals surface area contributed by atoms with E-state index in [9.17, 15) is 4.79 Å². The van der Waals surface area contributed by atoms with Gasteiger partial charge in [-0.2, -0.15) is 0 Å². The molecule has 1 aliphatic rings. The highest BCUT2D eigenvalue weighted by atomic mass is 32.1. The summed E-state index contributed by atoms with van der Waals surface area (Å²) >= 11 is 4.98. The van der Waals surface area contributed by atoms with Crippen LogP contribution in [0.4, 0.5) is 0 Å². The molecular weight excluding hydrogens is 236 g/mol. The first-order chi connectivity index (χ1) is 8.08. The lowest BCUT2D eigenvalue weighted by Gasteiger charge is -2.31. The fourth-order valence-corrected chi connectivity index (χ4v) is 2.34. The third kappa shape index (κ3) is 2.66. The Morgan fingerprint density at radius 1 is 1.53 bits per heavy atom. The van der Waals surface area contributed by atoms with Crippen molar-refractivity contribution in [1.29, 1.82) is 0 Å². The monoisotopic (exact) mass is 252 g/mol. The molecule has 92 valence electrons. The second-order valence-corrected chi connectivity index (χ2v) is 4.89. The molecule has 1 aromatic rings. The number of rotatable bonds is 2. The van der Waals surface area contributed by atoms with Crippen molar-refractivity contribution in [2.24, 2.45) is 11.7 Å². The van der Waals surface area contributed by atoms with Gasteiger partial charge in [0.05, 0.1) is 10.6 Å². The van der Waals surface area contributed by atoms with Crippen molar-refractivity contribution < 1.29 is 9.21 Å². The molecule has 17 heavy (non-hydrogen) atoms. The molecule has 1 amide bonds. The number of piperidine rings is 1. The molecule has 0 atom stereocenters. The molecule has 1 aromatic heterocycles. The van der Waals surface area contributed by atoms with Crippen molar-refractivity contribution in [1.82, 2.24) is 4.90 Å². The third-order valence-electron chi connectivity index (χ3n) is 3.16. The topological polar surface area (TPSA) is 59.5 Å². The molecule has 1 aliphatic heterocycles. The van der Waals surface area contributed by atoms with Gasteiger partial charge in [0.1, 0.15) is 12.0 Å². The van der Waals surface area contributed by atoms with Gasteiger partial charge in [-0.3, -0.25) is 4.79 Å². The highest BCUT2D eigenvalue weighted by molar-refractivity contribution is 7.80. The van der Waals surface area contributed by atoms with E-state index in [-0.39, 0.29) is 11.8 Å². The normalized spacial score (nSPS) is 17.1. The number of thiocarbonyl (C=S) groups is 1. The minimum absolute atomic E-state index is 0.0308. The average Bonchev–Trinajstić information content (AvgIpc) is 2.75. The van der Waals surface area contributed by atoms with E-state index in [4.69, 9.17) is 22.4 Å². The van der Waals surface area contributed by atoms with E-state index in [0.29, 0.717) is 23.6 Å². The number of hydrogen-bond donors (Lipinski definition) is 1. The first-order valence-electron chi connectivity index (χ1n) is 5.71. The van der Waals surface area contributed by atoms with Gasteiger partial charge in [0.2, 0.25) is 0 Å². The molecule has 5 heteroatoms. The molecule has 0 aromatic carbocycles. The van der Waals surface area contributed by atoms with Crippen LogP contribution in [0.2, 0.25) is 0 Å². The molecule has 1 saturated heterocycles. The highest BCUT2D eigenvalue weighted by Crippen LogP contribution is 2.20. The largest absolute Gasteiger partial charge is 0.469 e. The fourth-order valence-electron chi connectivity index (χ4n) is 2.11. The number of likely N-dealkylation sites (tertiary alicyclic amines) is 1. The zero-order valence-electron chi connectivity index (χ0n) is 9.81. The molecule has 0 bridgehead atoms. The number of amides is 1. The predicted octanol–water partition coefficient (Wildman–Crippen LogP) is 1.73. The van der Waals surface area contributed by atoms with Crippen LogP contribution in [-0.2, 0) is 0 Å². The number of nitrogens with zero attached hydrogens (tertiary/aromatic N) is 1. The van der Waals surface area contributed by atoms with Crippen LogP contribution in [0.15, 0.2) is 16.7 Å². The molecule has 1 fully saturated rings. The maximum absolute atomic E-state index is 12.1. The Balaban J connectivity index is 1.97. The molecule has 0 saturated carbocycles. The van der Waals surface area contributed by atoms with E-state index in [2.05, 4.69) is 0 Å². The smallest absolute Gasteiger partial charge is 0.257 e. The summed E-state index contributed by atoms with van der Waals surface area (Å²) in [4.78, 5) is 14.5. The molecule has 0 spiro atoms. The van der Waals surface area contributed by atoms with Crippen molar-refractivity contribution in [3.05, 3.63) is 23.7 Å². The summed E-state index contributed by atoms with van der Waals surface area (Å²) in [5.41, 5.74) is 6.24. The Bertz CT molecular complexity index is 433. The van der Waals surface area contributed by atoms with Crippen LogP contribution in [-0.4, -0.2) is 28.9 Å². The van der Waals surface area contributed by atoms with Crippen molar-refractivity contribution in [3.8, 4) is 0 Å². The molecular formula is C12H16N2O2S. The minimum Gasteiger partial charge on any atom is -0.469 e. The number of hydrogen-bond acceptors (Lipinski definition) is 3. The zero-order valence-corrected chi connectivity index (χ0v) is 10.6. The molecule has 2 heterocycles. The van der Waals surface area contributed by atoms with Gasteiger partial charge in [-0.15, -0.1) is 0 Å². The van der Waals surface area contributed by atoms with E-state index in [1.807, 2.05) is 11.8 Å². The van der Waals surface area contributed by atoms with E-state index in [1.165, 1.54) is 6.26 Å². The minimum atomic E-state index is 0.0308. The first kappa shape index (κ1) is 12.1. The van der Waals surface area contributed by atoms with E-state index in [1.54, 1.807) is 6.07 Å². The molecule has 0 radical (unpaired) electrons. The lowest BCUT2D eigenvalue weighted by molar-refractivity contribution is 0.0709. The Labute approximate surface area is 106 Å². The Morgan fingerprint density at radius 3 is 2.65 bits per heavy atom. The highest BCUT2D eigenvalue weighted by Gasteiger charge is 2.25. The summed E-state index contributed by atoms with van der Waals surface area (Å²) in [6.07, 6.45) is 3.23. The molecule has 2 rings (SSSR count). The van der Waals surface area contributed by atoms with Gasteiger partial charge >= 0.3 is 0 Å². The lowest BCUT2D eigenvalue weighted by atomic mass is 9.96. The zero-order chi connectivity index (χ0) is 12.4. The van der Waals surface area contributed by atoms with Crippen LogP contribution in [0.5, 0.6) is 0 Å². The van der Waals surface area contributed by atoms with Crippen molar-refractivity contribution in [3.63, 3.8) is 0 Å². The maximum Gasteiger partial charge on any atom is 0.257 e. The first-order valence-corrected chi connectivity index (χ1v) is 6.12. The number of nitrogens with two attached hydrogens (primary N) is 1. The summed E-state index contributed by atoms with van der Waals surface area (Å²) in [5.74, 6) is 1.06. The second-order valence-electron chi connectivity index (χ2n) is 4.41. The SMILES string of the molecule is Cc1cc(C(=O)N2CCC(C(N)=S)CC2)co1. The van der Waals surface area contributed by atoms with Gasteiger partial charge in [-0.05, 0) is 25.8 Å². The summed E-state index contributed by atoms with van der Waals surface area (Å²) < 4.78 is 5.15. The van der Waals surface area contributed by atoms with Crippen LogP contribution in [0.25, 0.3) is 0 Å². The maximum atomic E-state index is 12.1. The van der Waals surface area contributed by atoms with Crippen LogP contribution in [0.3, 0.4) is 0 Å². The number of aryl methyl sites for hydroxylation is 1. The van der Waals surface area contributed by atoms with Crippen LogP contribution in [0.1, 0.15) is 29.0 Å². The van der Waals surface area contributed by atoms with Gasteiger partial charge < -0.3 is 15.1 Å². The van der Waals surface area contributed by atoms with E-state index >= 15 is 0 Å². The Kier molecular flexibility index (Phi) is 3.47. The second kappa shape index (κ2) is 4.87. The third-order valence-corrected chi connectivity index (χ3v) is 3.50. The van der Waals surface area contributed by atoms with Crippen LogP contribution in [0, 0.1) is 12.8 Å². The van der Waals surface area contributed by atoms with Gasteiger partial charge in [-0.25, -0.2) is 0 Å². The van der Waals surface area contributed by atoms with E-state index in [0.717, 1.165) is 18.6 Å². The summed E-state index contributed by atoms with van der Waals surface area (Å²) in [7, 11) is 0. The molecule has 0 aliphatic carbocycles. The van der Waals surface area contributed by atoms with Gasteiger partial charge in [0.15, 0.2) is 0 Å². The summed E-state index contributed by atoms with van der Waals surface area (Å²) in [6.45, 7) is 3.26. The van der Waals surface area contributed by atoms with Crippen molar-refractivity contribution >= 4 is 23.1 Å². The van der Waals surface area contributed by atoms with E-state index < -0.39 is 0 Å². The average molecular weight is 252 g/mol. The van der Waals surface area contributed by atoms with Gasteiger partial charge in [0, 0.05) is 19.0 Å². The van der Waals surface area contributed by atoms with Crippen LogP contribution < -0.4 is 5.73 Å². The molecule has 4 nitrogen and oxygen atoms in total. The van der Waals surface area contributed by atoms with Gasteiger partial charge in [0.25, 0.3) is 5.91 Å². The standard InChI is InChI=1S/C12H16N2O2S/c1-8-6-10(7-16-8)12(15)14-4-2-9(3-5-14)11(13)17/h6-7,9H,2-5H2,1H3,(H2,13,17). The Hall–Kier alpha value is -1.36. The number of carbonyl (C=O) groups is 1. The van der Waals surface area contributed by atoms with Gasteiger partial charge in [-0.1, -0.05) is 12.2 Å². The molecule has 0 unspecified atom stereocenters. The Morgan fingerprint density at radius 2 is 2.18 bits per heavy atom. The predicted molar refractivity (Wildman–Crippen MR) is 68.9 cm³/mol. The molecule has 2 N–H and O–H groups in total. The number of carbonyl (C=O) groups excluding carboxylic acids is 1. The fraction of sp³-hybridized carbons (Fsp3) is 0.500. The number of furan rings is 1. The quantitative estimate of drug-likeness (QED) is 0.814. The van der Waals surface area contributed by atoms with Crippen molar-refractivity contribution in [2.45, 2.75) is 19.8 Å². The lowest BCUT2D eigenvalue weighted by Crippen LogP contribution is -2.41.